The topological polar surface area (TPSA) is 94.1 Å². The number of nitrogens with two attached hydrogens (primary N) is 1. The summed E-state index contributed by atoms with van der Waals surface area (Å²) < 4.78 is 1.71. The average Bonchev–Trinajstić information content (AvgIpc) is 3.05. The summed E-state index contributed by atoms with van der Waals surface area (Å²) in [5, 5.41) is 4.91. The zero-order chi connectivity index (χ0) is 21.3. The van der Waals surface area contributed by atoms with Gasteiger partial charge in [-0.2, -0.15) is 5.10 Å². The minimum atomic E-state index is -0.766. The molecule has 3 rings (SSSR count). The second kappa shape index (κ2) is 8.71. The first kappa shape index (κ1) is 21.6. The molecule has 0 unspecified atom stereocenters. The SMILES string of the molecule is CCN(C(=O)c1cc(Br)nn1-c1ncccc1Cl)c1c(Cl)cc(Cl)cc1C(N)=O. The Morgan fingerprint density at radius 1 is 1.21 bits per heavy atom. The smallest absolute Gasteiger partial charge is 0.277 e. The molecule has 29 heavy (non-hydrogen) atoms. The Morgan fingerprint density at radius 2 is 1.93 bits per heavy atom. The van der Waals surface area contributed by atoms with Crippen molar-refractivity contribution in [2.75, 3.05) is 11.4 Å². The zero-order valence-electron chi connectivity index (χ0n) is 14.9. The van der Waals surface area contributed by atoms with E-state index in [1.165, 1.54) is 34.0 Å². The van der Waals surface area contributed by atoms with E-state index < -0.39 is 11.8 Å². The molecule has 0 radical (unpaired) electrons. The summed E-state index contributed by atoms with van der Waals surface area (Å²) in [5.74, 6) is -0.978. The lowest BCUT2D eigenvalue weighted by Gasteiger charge is -2.24. The van der Waals surface area contributed by atoms with Gasteiger partial charge < -0.3 is 10.6 Å². The summed E-state index contributed by atoms with van der Waals surface area (Å²) in [6, 6.07) is 7.61. The third-order valence-electron chi connectivity index (χ3n) is 3.96. The Hall–Kier alpha value is -2.13. The second-order valence-corrected chi connectivity index (χ2v) is 7.83. The zero-order valence-corrected chi connectivity index (χ0v) is 18.7. The molecule has 0 aliphatic rings. The highest BCUT2D eigenvalue weighted by Crippen LogP contribution is 2.34. The third-order valence-corrected chi connectivity index (χ3v) is 5.15. The molecular weight excluding hydrogens is 504 g/mol. The van der Waals surface area contributed by atoms with Gasteiger partial charge in [-0.25, -0.2) is 9.67 Å². The molecule has 3 aromatic rings. The van der Waals surface area contributed by atoms with E-state index in [4.69, 9.17) is 40.5 Å². The van der Waals surface area contributed by atoms with E-state index in [1.807, 2.05) is 0 Å². The van der Waals surface area contributed by atoms with Crippen molar-refractivity contribution >= 4 is 68.2 Å². The van der Waals surface area contributed by atoms with E-state index in [0.29, 0.717) is 9.63 Å². The van der Waals surface area contributed by atoms with Crippen LogP contribution in [0, 0.1) is 0 Å². The summed E-state index contributed by atoms with van der Waals surface area (Å²) in [6.07, 6.45) is 1.53. The van der Waals surface area contributed by atoms with E-state index in [2.05, 4.69) is 26.0 Å². The van der Waals surface area contributed by atoms with Crippen LogP contribution in [0.1, 0.15) is 27.8 Å². The molecule has 0 aliphatic heterocycles. The first-order chi connectivity index (χ1) is 13.7. The highest BCUT2D eigenvalue weighted by atomic mass is 79.9. The molecule has 11 heteroatoms. The Bertz CT molecular complexity index is 1120. The summed E-state index contributed by atoms with van der Waals surface area (Å²) in [7, 11) is 0. The monoisotopic (exact) mass is 515 g/mol. The van der Waals surface area contributed by atoms with Crippen LogP contribution in [-0.4, -0.2) is 33.1 Å². The van der Waals surface area contributed by atoms with Gasteiger partial charge in [0.25, 0.3) is 11.8 Å². The number of pyridine rings is 1. The second-order valence-electron chi connectivity index (χ2n) is 5.77. The van der Waals surface area contributed by atoms with Crippen LogP contribution in [0.5, 0.6) is 0 Å². The molecule has 0 saturated carbocycles. The Morgan fingerprint density at radius 3 is 2.55 bits per heavy atom. The lowest BCUT2D eigenvalue weighted by atomic mass is 10.1. The highest BCUT2D eigenvalue weighted by molar-refractivity contribution is 9.10. The molecular formula is C18H13BrCl3N5O2. The number of carbonyl (C=O) groups is 2. The van der Waals surface area contributed by atoms with Crippen LogP contribution in [-0.2, 0) is 0 Å². The van der Waals surface area contributed by atoms with Crippen molar-refractivity contribution < 1.29 is 9.59 Å². The van der Waals surface area contributed by atoms with Gasteiger partial charge in [0, 0.05) is 23.8 Å². The van der Waals surface area contributed by atoms with Gasteiger partial charge in [-0.3, -0.25) is 9.59 Å². The Labute approximate surface area is 189 Å². The van der Waals surface area contributed by atoms with Crippen molar-refractivity contribution in [3.63, 3.8) is 0 Å². The van der Waals surface area contributed by atoms with Crippen molar-refractivity contribution in [2.24, 2.45) is 5.73 Å². The number of nitrogens with zero attached hydrogens (tertiary/aromatic N) is 4. The number of aromatic nitrogens is 3. The van der Waals surface area contributed by atoms with E-state index in [-0.39, 0.29) is 39.4 Å². The number of amides is 2. The summed E-state index contributed by atoms with van der Waals surface area (Å²) in [5.41, 5.74) is 5.82. The molecule has 2 N–H and O–H groups in total. The average molecular weight is 518 g/mol. The number of hydrogen-bond acceptors (Lipinski definition) is 4. The number of primary amides is 1. The quantitative estimate of drug-likeness (QED) is 0.528. The Kier molecular flexibility index (Phi) is 6.48. The maximum absolute atomic E-state index is 13.4. The van der Waals surface area contributed by atoms with Crippen molar-refractivity contribution in [3.05, 3.63) is 67.5 Å². The maximum Gasteiger partial charge on any atom is 0.277 e. The van der Waals surface area contributed by atoms with Crippen molar-refractivity contribution in [1.82, 2.24) is 14.8 Å². The predicted molar refractivity (Wildman–Crippen MR) is 116 cm³/mol. The number of halogens is 4. The van der Waals surface area contributed by atoms with E-state index in [9.17, 15) is 9.59 Å². The van der Waals surface area contributed by atoms with Crippen LogP contribution in [0.4, 0.5) is 5.69 Å². The molecule has 7 nitrogen and oxygen atoms in total. The number of rotatable bonds is 5. The van der Waals surface area contributed by atoms with Crippen LogP contribution in [0.2, 0.25) is 15.1 Å². The number of benzene rings is 1. The minimum absolute atomic E-state index is 0.0266. The highest BCUT2D eigenvalue weighted by Gasteiger charge is 2.28. The van der Waals surface area contributed by atoms with Crippen LogP contribution in [0.25, 0.3) is 5.82 Å². The van der Waals surface area contributed by atoms with E-state index >= 15 is 0 Å². The van der Waals surface area contributed by atoms with Gasteiger partial charge in [0.2, 0.25) is 0 Å². The van der Waals surface area contributed by atoms with Gasteiger partial charge in [0.05, 0.1) is 21.3 Å². The van der Waals surface area contributed by atoms with Crippen LogP contribution in [0.3, 0.4) is 0 Å². The normalized spacial score (nSPS) is 10.8. The minimum Gasteiger partial charge on any atom is -0.366 e. The molecule has 0 bridgehead atoms. The van der Waals surface area contributed by atoms with Gasteiger partial charge in [-0.1, -0.05) is 34.8 Å². The van der Waals surface area contributed by atoms with Gasteiger partial charge >= 0.3 is 0 Å². The van der Waals surface area contributed by atoms with E-state index in [0.717, 1.165) is 0 Å². The van der Waals surface area contributed by atoms with Gasteiger partial charge in [0.1, 0.15) is 10.3 Å². The van der Waals surface area contributed by atoms with Crippen LogP contribution < -0.4 is 10.6 Å². The van der Waals surface area contributed by atoms with Gasteiger partial charge in [-0.15, -0.1) is 0 Å². The molecule has 0 saturated heterocycles. The summed E-state index contributed by atoms with van der Waals surface area (Å²) >= 11 is 21.8. The summed E-state index contributed by atoms with van der Waals surface area (Å²) in [6.45, 7) is 1.93. The predicted octanol–water partition coefficient (Wildman–Crippen LogP) is 4.76. The first-order valence-corrected chi connectivity index (χ1v) is 10.1. The molecule has 2 heterocycles. The van der Waals surface area contributed by atoms with Crippen LogP contribution in [0.15, 0.2) is 41.1 Å². The third kappa shape index (κ3) is 4.25. The Balaban J connectivity index is 2.17. The molecule has 150 valence electrons. The van der Waals surface area contributed by atoms with E-state index in [1.54, 1.807) is 19.1 Å². The fourth-order valence-corrected chi connectivity index (χ4v) is 3.94. The number of anilines is 1. The molecule has 0 atom stereocenters. The first-order valence-electron chi connectivity index (χ1n) is 8.21. The lowest BCUT2D eigenvalue weighted by molar-refractivity contribution is 0.0980. The van der Waals surface area contributed by atoms with Gasteiger partial charge in [0.15, 0.2) is 5.82 Å². The summed E-state index contributed by atoms with van der Waals surface area (Å²) in [4.78, 5) is 30.9. The maximum atomic E-state index is 13.4. The molecule has 0 spiro atoms. The van der Waals surface area contributed by atoms with Crippen LogP contribution >= 0.6 is 50.7 Å². The molecule has 0 fully saturated rings. The fourth-order valence-electron chi connectivity index (χ4n) is 2.77. The molecule has 0 aliphatic carbocycles. The largest absolute Gasteiger partial charge is 0.366 e. The van der Waals surface area contributed by atoms with Crippen molar-refractivity contribution in [2.45, 2.75) is 6.92 Å². The lowest BCUT2D eigenvalue weighted by Crippen LogP contribution is -2.34. The number of hydrogen-bond donors (Lipinski definition) is 1. The fraction of sp³-hybridized carbons (Fsp3) is 0.111. The van der Waals surface area contributed by atoms with Crippen molar-refractivity contribution in [3.8, 4) is 5.82 Å². The standard InChI is InChI=1S/C18H13BrCl3N5O2/c1-2-26(15-10(16(23)28)6-9(20)7-12(15)22)18(29)13-8-14(19)25-27(13)17-11(21)4-3-5-24-17/h3-8H,2H2,1H3,(H2,23,28). The molecule has 1 aromatic carbocycles. The van der Waals surface area contributed by atoms with Gasteiger partial charge in [-0.05, 0) is 47.1 Å². The molecule has 2 amide bonds. The van der Waals surface area contributed by atoms with Crippen molar-refractivity contribution in [1.29, 1.82) is 0 Å². The molecule has 2 aromatic heterocycles. The number of carbonyl (C=O) groups excluding carboxylic acids is 2.